The van der Waals surface area contributed by atoms with Crippen molar-refractivity contribution in [1.82, 2.24) is 15.3 Å². The number of ether oxygens (including phenoxy) is 1. The van der Waals surface area contributed by atoms with E-state index < -0.39 is 0 Å². The Balaban J connectivity index is 2.86. The fourth-order valence-corrected chi connectivity index (χ4v) is 1.72. The number of hydrogen-bond acceptors (Lipinski definition) is 4. The average Bonchev–Trinajstić information content (AvgIpc) is 2.32. The predicted molar refractivity (Wildman–Crippen MR) is 68.8 cm³/mol. The smallest absolute Gasteiger partial charge is 0.157 e. The zero-order valence-corrected chi connectivity index (χ0v) is 11.3. The van der Waals surface area contributed by atoms with Crippen molar-refractivity contribution < 1.29 is 4.74 Å². The molecule has 0 spiro atoms. The first-order valence-electron chi connectivity index (χ1n) is 6.38. The molecule has 4 heteroatoms. The first-order chi connectivity index (χ1) is 8.21. The lowest BCUT2D eigenvalue weighted by molar-refractivity contribution is 0.0532. The molecular formula is C13H23N3O. The second-order valence-electron chi connectivity index (χ2n) is 3.99. The highest BCUT2D eigenvalue weighted by molar-refractivity contribution is 5.11. The zero-order valence-electron chi connectivity index (χ0n) is 11.3. The van der Waals surface area contributed by atoms with Crippen LogP contribution in [0.25, 0.3) is 0 Å². The topological polar surface area (TPSA) is 47.0 Å². The Kier molecular flexibility index (Phi) is 6.08. The third-order valence-corrected chi connectivity index (χ3v) is 2.51. The summed E-state index contributed by atoms with van der Waals surface area (Å²) in [6.07, 6.45) is 0.915. The van der Waals surface area contributed by atoms with Crippen molar-refractivity contribution in [2.45, 2.75) is 46.8 Å². The maximum Gasteiger partial charge on any atom is 0.157 e. The number of nitrogens with one attached hydrogen (secondary N) is 1. The van der Waals surface area contributed by atoms with E-state index in [-0.39, 0.29) is 6.10 Å². The molecule has 1 aromatic rings. The summed E-state index contributed by atoms with van der Waals surface area (Å²) in [6.45, 7) is 10.6. The second-order valence-corrected chi connectivity index (χ2v) is 3.99. The van der Waals surface area contributed by atoms with Crippen molar-refractivity contribution in [2.75, 3.05) is 13.2 Å². The molecule has 17 heavy (non-hydrogen) atoms. The molecule has 1 rings (SSSR count). The van der Waals surface area contributed by atoms with Crippen LogP contribution in [-0.4, -0.2) is 23.1 Å². The van der Waals surface area contributed by atoms with Crippen LogP contribution in [0.3, 0.4) is 0 Å². The quantitative estimate of drug-likeness (QED) is 0.791. The van der Waals surface area contributed by atoms with Gasteiger partial charge in [0.15, 0.2) is 5.82 Å². The summed E-state index contributed by atoms with van der Waals surface area (Å²) in [5, 5.41) is 3.28. The molecule has 0 saturated carbocycles. The highest BCUT2D eigenvalue weighted by atomic mass is 16.5. The van der Waals surface area contributed by atoms with Gasteiger partial charge in [-0.3, -0.25) is 0 Å². The largest absolute Gasteiger partial charge is 0.371 e. The zero-order chi connectivity index (χ0) is 12.7. The molecule has 0 aromatic carbocycles. The van der Waals surface area contributed by atoms with E-state index in [1.54, 1.807) is 0 Å². The van der Waals surface area contributed by atoms with Gasteiger partial charge in [-0.05, 0) is 32.9 Å². The van der Waals surface area contributed by atoms with Gasteiger partial charge in [0.05, 0.1) is 5.69 Å². The summed E-state index contributed by atoms with van der Waals surface area (Å²) in [7, 11) is 0. The third-order valence-electron chi connectivity index (χ3n) is 2.51. The standard InChI is InChI=1S/C13H23N3O/c1-5-12(17-7-3)13-15-10(4)8-11(16-13)9-14-6-2/h8,12,14H,5-7,9H2,1-4H3. The predicted octanol–water partition coefficient (Wildman–Crippen LogP) is 2.38. The molecule has 0 bridgehead atoms. The number of aromatic nitrogens is 2. The molecule has 1 unspecified atom stereocenters. The van der Waals surface area contributed by atoms with Gasteiger partial charge >= 0.3 is 0 Å². The Morgan fingerprint density at radius 2 is 2.06 bits per heavy atom. The molecule has 0 amide bonds. The van der Waals surface area contributed by atoms with E-state index >= 15 is 0 Å². The lowest BCUT2D eigenvalue weighted by atomic mass is 10.2. The molecule has 1 N–H and O–H groups in total. The summed E-state index contributed by atoms with van der Waals surface area (Å²) in [5.74, 6) is 0.808. The maximum absolute atomic E-state index is 5.65. The van der Waals surface area contributed by atoms with E-state index in [2.05, 4.69) is 29.1 Å². The van der Waals surface area contributed by atoms with E-state index in [0.29, 0.717) is 6.61 Å². The van der Waals surface area contributed by atoms with Gasteiger partial charge in [-0.1, -0.05) is 13.8 Å². The van der Waals surface area contributed by atoms with Gasteiger partial charge < -0.3 is 10.1 Å². The van der Waals surface area contributed by atoms with E-state index in [1.807, 2.05) is 19.9 Å². The van der Waals surface area contributed by atoms with Crippen LogP contribution in [0.2, 0.25) is 0 Å². The number of aryl methyl sites for hydroxylation is 1. The number of nitrogens with zero attached hydrogens (tertiary/aromatic N) is 2. The number of hydrogen-bond donors (Lipinski definition) is 1. The van der Waals surface area contributed by atoms with Gasteiger partial charge in [-0.2, -0.15) is 0 Å². The normalized spacial score (nSPS) is 12.7. The Hall–Kier alpha value is -1.00. The first kappa shape index (κ1) is 14.1. The Labute approximate surface area is 104 Å². The molecular weight excluding hydrogens is 214 g/mol. The van der Waals surface area contributed by atoms with Gasteiger partial charge in [0.2, 0.25) is 0 Å². The van der Waals surface area contributed by atoms with Crippen molar-refractivity contribution >= 4 is 0 Å². The monoisotopic (exact) mass is 237 g/mol. The Bertz CT molecular complexity index is 341. The van der Waals surface area contributed by atoms with Gasteiger partial charge in [-0.15, -0.1) is 0 Å². The van der Waals surface area contributed by atoms with Crippen LogP contribution >= 0.6 is 0 Å². The van der Waals surface area contributed by atoms with Crippen LogP contribution in [0.15, 0.2) is 6.07 Å². The fourth-order valence-electron chi connectivity index (χ4n) is 1.72. The van der Waals surface area contributed by atoms with Crippen LogP contribution in [0.1, 0.15) is 50.5 Å². The van der Waals surface area contributed by atoms with Gasteiger partial charge in [0.25, 0.3) is 0 Å². The Morgan fingerprint density at radius 1 is 1.29 bits per heavy atom. The molecule has 1 heterocycles. The van der Waals surface area contributed by atoms with Gasteiger partial charge in [-0.25, -0.2) is 9.97 Å². The summed E-state index contributed by atoms with van der Waals surface area (Å²) in [5.41, 5.74) is 2.04. The van der Waals surface area contributed by atoms with Crippen LogP contribution in [-0.2, 0) is 11.3 Å². The first-order valence-corrected chi connectivity index (χ1v) is 6.38. The van der Waals surface area contributed by atoms with Crippen molar-refractivity contribution in [3.05, 3.63) is 23.3 Å². The summed E-state index contributed by atoms with van der Waals surface area (Å²) in [4.78, 5) is 9.03. The maximum atomic E-state index is 5.65. The van der Waals surface area contributed by atoms with E-state index in [4.69, 9.17) is 4.74 Å². The molecule has 0 saturated heterocycles. The van der Waals surface area contributed by atoms with E-state index in [9.17, 15) is 0 Å². The van der Waals surface area contributed by atoms with E-state index in [1.165, 1.54) is 0 Å². The minimum atomic E-state index is 0.0141. The lowest BCUT2D eigenvalue weighted by Crippen LogP contribution is -2.16. The molecule has 96 valence electrons. The lowest BCUT2D eigenvalue weighted by Gasteiger charge is -2.15. The summed E-state index contributed by atoms with van der Waals surface area (Å²) in [6, 6.07) is 2.02. The third kappa shape index (κ3) is 4.40. The second kappa shape index (κ2) is 7.35. The summed E-state index contributed by atoms with van der Waals surface area (Å²) < 4.78 is 5.65. The minimum Gasteiger partial charge on any atom is -0.371 e. The van der Waals surface area contributed by atoms with Crippen LogP contribution < -0.4 is 5.32 Å². The molecule has 0 radical (unpaired) electrons. The molecule has 0 aliphatic heterocycles. The number of rotatable bonds is 7. The van der Waals surface area contributed by atoms with Crippen molar-refractivity contribution in [2.24, 2.45) is 0 Å². The Morgan fingerprint density at radius 3 is 2.65 bits per heavy atom. The fraction of sp³-hybridized carbons (Fsp3) is 0.692. The van der Waals surface area contributed by atoms with Crippen LogP contribution in [0, 0.1) is 6.92 Å². The van der Waals surface area contributed by atoms with Gasteiger partial charge in [0.1, 0.15) is 6.10 Å². The van der Waals surface area contributed by atoms with Gasteiger partial charge in [0, 0.05) is 18.8 Å². The molecule has 0 aliphatic carbocycles. The highest BCUT2D eigenvalue weighted by Crippen LogP contribution is 2.17. The molecule has 0 fully saturated rings. The summed E-state index contributed by atoms with van der Waals surface area (Å²) >= 11 is 0. The van der Waals surface area contributed by atoms with Crippen LogP contribution in [0.5, 0.6) is 0 Å². The molecule has 0 aliphatic rings. The average molecular weight is 237 g/mol. The SMILES string of the molecule is CCNCc1cc(C)nc(C(CC)OCC)n1. The van der Waals surface area contributed by atoms with Crippen molar-refractivity contribution in [3.63, 3.8) is 0 Å². The molecule has 1 atom stereocenters. The van der Waals surface area contributed by atoms with Crippen LogP contribution in [0.4, 0.5) is 0 Å². The van der Waals surface area contributed by atoms with Crippen molar-refractivity contribution in [3.8, 4) is 0 Å². The van der Waals surface area contributed by atoms with Crippen molar-refractivity contribution in [1.29, 1.82) is 0 Å². The highest BCUT2D eigenvalue weighted by Gasteiger charge is 2.13. The van der Waals surface area contributed by atoms with E-state index in [0.717, 1.165) is 36.7 Å². The minimum absolute atomic E-state index is 0.0141. The molecule has 1 aromatic heterocycles. The molecule has 4 nitrogen and oxygen atoms in total.